The lowest BCUT2D eigenvalue weighted by Crippen LogP contribution is -2.30. The Bertz CT molecular complexity index is 2490. The summed E-state index contributed by atoms with van der Waals surface area (Å²) in [4.78, 5) is 49.4. The SMILES string of the molecule is CCN(CC)c1ccc(N=C2C(C)=Nn3c2nc(C)c(C)c3=O)c(C)c1.CCN(CCC(C)OC)c1ccc(N=C2C(C)=Nn3c2nc2c(c3=O)C(C)CCC2)c(C)c1. The molecule has 0 spiro atoms. The average molecular weight is 801 g/mol. The Balaban J connectivity index is 0.000000204. The fraction of sp³-hybridized carbons (Fsp3) is 0.478. The lowest BCUT2D eigenvalue weighted by Gasteiger charge is -2.25. The molecular weight excluding hydrogens is 741 g/mol. The second-order valence-electron chi connectivity index (χ2n) is 15.8. The molecule has 0 saturated heterocycles. The molecule has 0 N–H and O–H groups in total. The van der Waals surface area contributed by atoms with E-state index in [9.17, 15) is 9.59 Å². The number of aryl methyl sites for hydroxylation is 4. The van der Waals surface area contributed by atoms with E-state index in [2.05, 4.69) is 104 Å². The lowest BCUT2D eigenvalue weighted by molar-refractivity contribution is 0.112. The lowest BCUT2D eigenvalue weighted by atomic mass is 9.88. The molecule has 0 bridgehead atoms. The zero-order chi connectivity index (χ0) is 42.7. The fourth-order valence-corrected chi connectivity index (χ4v) is 7.83. The monoisotopic (exact) mass is 800 g/mol. The van der Waals surface area contributed by atoms with Gasteiger partial charge in [-0.25, -0.2) is 20.0 Å². The Hall–Kier alpha value is -5.56. The number of aliphatic imine (C=N–C) groups is 2. The molecule has 59 heavy (non-hydrogen) atoms. The first kappa shape index (κ1) is 43.0. The molecule has 2 unspecified atom stereocenters. The zero-order valence-corrected chi connectivity index (χ0v) is 37.0. The van der Waals surface area contributed by atoms with Gasteiger partial charge >= 0.3 is 0 Å². The van der Waals surface area contributed by atoms with Gasteiger partial charge in [0, 0.05) is 61.5 Å². The predicted octanol–water partition coefficient (Wildman–Crippen LogP) is 7.97. The van der Waals surface area contributed by atoms with Gasteiger partial charge in [0.05, 0.1) is 34.6 Å². The zero-order valence-electron chi connectivity index (χ0n) is 37.0. The van der Waals surface area contributed by atoms with Crippen molar-refractivity contribution in [2.24, 2.45) is 20.2 Å². The summed E-state index contributed by atoms with van der Waals surface area (Å²) >= 11 is 0. The molecule has 2 atom stereocenters. The van der Waals surface area contributed by atoms with Crippen LogP contribution in [0.15, 0.2) is 66.2 Å². The molecule has 4 aromatic rings. The summed E-state index contributed by atoms with van der Waals surface area (Å²) in [6, 6.07) is 12.6. The molecular formula is C46H60N10O3. The van der Waals surface area contributed by atoms with Crippen molar-refractivity contribution < 1.29 is 4.74 Å². The Morgan fingerprint density at radius 1 is 0.780 bits per heavy atom. The first-order valence-corrected chi connectivity index (χ1v) is 21.0. The Morgan fingerprint density at radius 3 is 1.83 bits per heavy atom. The minimum Gasteiger partial charge on any atom is -0.382 e. The van der Waals surface area contributed by atoms with Gasteiger partial charge in [-0.15, -0.1) is 0 Å². The van der Waals surface area contributed by atoms with E-state index in [1.54, 1.807) is 14.0 Å². The standard InChI is InChI=1S/C26H35N5O2.C20H25N5O/c1-7-30(14-13-18(4)33-6)20-11-12-21(17(3)15-20)27-24-19(5)29-31-25(24)28-22-10-8-9-16(2)23(22)26(31)32;1-7-24(8-2)16-9-10-17(12(3)11-16)22-18-15(6)23-25-19(18)21-14(5)13(4)20(25)26/h11-12,15-16,18H,7-10,13-14H2,1-6H3;9-11H,7-8H2,1-6H3. The minimum absolute atomic E-state index is 0.0392. The molecule has 3 aliphatic rings. The van der Waals surface area contributed by atoms with Crippen molar-refractivity contribution in [2.75, 3.05) is 43.1 Å². The summed E-state index contributed by atoms with van der Waals surface area (Å²) in [5.74, 6) is 1.31. The highest BCUT2D eigenvalue weighted by Crippen LogP contribution is 2.31. The molecule has 312 valence electrons. The smallest absolute Gasteiger partial charge is 0.278 e. The summed E-state index contributed by atoms with van der Waals surface area (Å²) in [5, 5.41) is 8.87. The van der Waals surface area contributed by atoms with Crippen molar-refractivity contribution in [1.29, 1.82) is 0 Å². The van der Waals surface area contributed by atoms with Gasteiger partial charge in [-0.3, -0.25) is 9.59 Å². The van der Waals surface area contributed by atoms with Gasteiger partial charge in [0.1, 0.15) is 11.4 Å². The van der Waals surface area contributed by atoms with Crippen LogP contribution in [0.2, 0.25) is 0 Å². The molecule has 13 nitrogen and oxygen atoms in total. The maximum atomic E-state index is 13.2. The van der Waals surface area contributed by atoms with Crippen molar-refractivity contribution in [3.05, 3.63) is 102 Å². The summed E-state index contributed by atoms with van der Waals surface area (Å²) in [6.45, 7) is 26.0. The van der Waals surface area contributed by atoms with Crippen LogP contribution in [0.4, 0.5) is 22.7 Å². The largest absolute Gasteiger partial charge is 0.382 e. The second-order valence-corrected chi connectivity index (χ2v) is 15.8. The number of methoxy groups -OCH3 is 1. The van der Waals surface area contributed by atoms with Crippen LogP contribution >= 0.6 is 0 Å². The van der Waals surface area contributed by atoms with Crippen LogP contribution in [0.1, 0.15) is 119 Å². The third kappa shape index (κ3) is 8.76. The number of fused-ring (bicyclic) bond motifs is 3. The topological polar surface area (TPSA) is 135 Å². The highest BCUT2D eigenvalue weighted by atomic mass is 16.5. The molecule has 7 rings (SSSR count). The molecule has 0 radical (unpaired) electrons. The molecule has 0 amide bonds. The number of hydrogen-bond acceptors (Lipinski definition) is 11. The first-order valence-electron chi connectivity index (χ1n) is 21.0. The normalized spacial score (nSPS) is 17.2. The first-order chi connectivity index (χ1) is 28.2. The third-order valence-corrected chi connectivity index (χ3v) is 11.8. The third-order valence-electron chi connectivity index (χ3n) is 11.8. The molecule has 0 fully saturated rings. The van der Waals surface area contributed by atoms with E-state index in [-0.39, 0.29) is 23.1 Å². The van der Waals surface area contributed by atoms with Crippen LogP contribution < -0.4 is 20.9 Å². The van der Waals surface area contributed by atoms with Gasteiger partial charge in [0.25, 0.3) is 11.1 Å². The molecule has 4 heterocycles. The van der Waals surface area contributed by atoms with Crippen molar-refractivity contribution in [3.63, 3.8) is 0 Å². The van der Waals surface area contributed by atoms with E-state index in [1.807, 2.05) is 26.8 Å². The van der Waals surface area contributed by atoms with Crippen molar-refractivity contribution in [1.82, 2.24) is 19.3 Å². The second kappa shape index (κ2) is 18.1. The van der Waals surface area contributed by atoms with Crippen LogP contribution in [-0.4, -0.2) is 81.6 Å². The van der Waals surface area contributed by atoms with Gasteiger partial charge < -0.3 is 14.5 Å². The Labute approximate surface area is 348 Å². The van der Waals surface area contributed by atoms with Gasteiger partial charge in [-0.2, -0.15) is 19.6 Å². The predicted molar refractivity (Wildman–Crippen MR) is 242 cm³/mol. The molecule has 2 aliphatic heterocycles. The highest BCUT2D eigenvalue weighted by molar-refractivity contribution is 6.49. The molecule has 1 aliphatic carbocycles. The quantitative estimate of drug-likeness (QED) is 0.150. The number of rotatable bonds is 11. The van der Waals surface area contributed by atoms with E-state index in [1.165, 1.54) is 20.7 Å². The summed E-state index contributed by atoms with van der Waals surface area (Å²) in [6.07, 6.45) is 4.15. The van der Waals surface area contributed by atoms with Gasteiger partial charge in [-0.1, -0.05) is 6.92 Å². The van der Waals surface area contributed by atoms with Gasteiger partial charge in [-0.05, 0) is 148 Å². The number of aromatic nitrogens is 4. The molecule has 0 saturated carbocycles. The van der Waals surface area contributed by atoms with E-state index < -0.39 is 0 Å². The number of nitrogens with zero attached hydrogens (tertiary/aromatic N) is 10. The van der Waals surface area contributed by atoms with Crippen LogP contribution in [0.3, 0.4) is 0 Å². The van der Waals surface area contributed by atoms with E-state index >= 15 is 0 Å². The molecule has 2 aromatic heterocycles. The van der Waals surface area contributed by atoms with Gasteiger partial charge in [0.2, 0.25) is 0 Å². The fourth-order valence-electron chi connectivity index (χ4n) is 7.83. The van der Waals surface area contributed by atoms with Crippen molar-refractivity contribution >= 4 is 45.6 Å². The molecule has 2 aromatic carbocycles. The summed E-state index contributed by atoms with van der Waals surface area (Å²) in [5.41, 5.74) is 11.9. The van der Waals surface area contributed by atoms with Crippen molar-refractivity contribution in [3.8, 4) is 0 Å². The average Bonchev–Trinajstić information content (AvgIpc) is 3.70. The van der Waals surface area contributed by atoms with Crippen LogP contribution in [0, 0.1) is 27.7 Å². The van der Waals surface area contributed by atoms with E-state index in [4.69, 9.17) is 19.7 Å². The minimum atomic E-state index is -0.134. The number of anilines is 2. The number of ether oxygens (including phenoxy) is 1. The van der Waals surface area contributed by atoms with E-state index in [0.717, 1.165) is 91.3 Å². The van der Waals surface area contributed by atoms with Crippen LogP contribution in [-0.2, 0) is 11.2 Å². The summed E-state index contributed by atoms with van der Waals surface area (Å²) < 4.78 is 8.21. The van der Waals surface area contributed by atoms with Crippen LogP contribution in [0.5, 0.6) is 0 Å². The number of benzene rings is 2. The van der Waals surface area contributed by atoms with Crippen molar-refractivity contribution in [2.45, 2.75) is 114 Å². The molecule has 13 heteroatoms. The highest BCUT2D eigenvalue weighted by Gasteiger charge is 2.30. The van der Waals surface area contributed by atoms with Crippen LogP contribution in [0.25, 0.3) is 0 Å². The maximum Gasteiger partial charge on any atom is 0.278 e. The van der Waals surface area contributed by atoms with Gasteiger partial charge in [0.15, 0.2) is 11.6 Å². The number of hydrogen-bond donors (Lipinski definition) is 0. The Kier molecular flexibility index (Phi) is 13.2. The maximum absolute atomic E-state index is 13.2. The Morgan fingerprint density at radius 2 is 1.31 bits per heavy atom. The summed E-state index contributed by atoms with van der Waals surface area (Å²) in [7, 11) is 1.75. The van der Waals surface area contributed by atoms with E-state index in [0.29, 0.717) is 40.0 Å².